The molecule has 160 valence electrons. The predicted octanol–water partition coefficient (Wildman–Crippen LogP) is 2.89. The number of carbonyl (C=O) groups is 1. The third kappa shape index (κ3) is 3.67. The zero-order valence-corrected chi connectivity index (χ0v) is 17.6. The number of amides is 1. The molecule has 0 saturated carbocycles. The Morgan fingerprint density at radius 3 is 2.68 bits per heavy atom. The molecule has 2 aliphatic rings. The first kappa shape index (κ1) is 19.7. The van der Waals surface area contributed by atoms with E-state index in [-0.39, 0.29) is 18.6 Å². The average molecular weight is 440 g/mol. The number of halogens is 1. The molecule has 1 saturated heterocycles. The van der Waals surface area contributed by atoms with Crippen molar-refractivity contribution >= 4 is 40.0 Å². The summed E-state index contributed by atoms with van der Waals surface area (Å²) in [6.45, 7) is 1.57. The Morgan fingerprint density at radius 1 is 1.13 bits per heavy atom. The summed E-state index contributed by atoms with van der Waals surface area (Å²) >= 11 is 6.30. The molecule has 0 bridgehead atoms. The van der Waals surface area contributed by atoms with E-state index in [0.717, 1.165) is 33.7 Å². The number of piperidine rings is 1. The van der Waals surface area contributed by atoms with Gasteiger partial charge in [0, 0.05) is 30.8 Å². The number of primary amides is 1. The third-order valence-electron chi connectivity index (χ3n) is 5.90. The van der Waals surface area contributed by atoms with Crippen LogP contribution in [0.15, 0.2) is 30.3 Å². The standard InChI is InChI=1S/C22H22ClN5O3/c23-14-2-3-15-19(20(14)24)16(9-12-1-4-17-18(10-12)31-11-30-17)27-22(26-15)28-7-5-13(6-8-28)21(25)29/h1-4,10,13H,5-9,11,24H2,(H2,25,29). The van der Waals surface area contributed by atoms with Crippen LogP contribution in [0.25, 0.3) is 10.9 Å². The van der Waals surface area contributed by atoms with Gasteiger partial charge in [0.25, 0.3) is 0 Å². The van der Waals surface area contributed by atoms with Crippen molar-refractivity contribution in [1.29, 1.82) is 0 Å². The number of aromatic nitrogens is 2. The molecule has 0 radical (unpaired) electrons. The zero-order chi connectivity index (χ0) is 21.5. The van der Waals surface area contributed by atoms with Crippen LogP contribution >= 0.6 is 11.6 Å². The fourth-order valence-corrected chi connectivity index (χ4v) is 4.32. The predicted molar refractivity (Wildman–Crippen MR) is 118 cm³/mol. The number of nitrogens with two attached hydrogens (primary N) is 2. The zero-order valence-electron chi connectivity index (χ0n) is 16.8. The van der Waals surface area contributed by atoms with Crippen LogP contribution in [0.2, 0.25) is 5.02 Å². The molecule has 3 heterocycles. The number of nitrogen functional groups attached to an aromatic ring is 1. The molecule has 1 fully saturated rings. The maximum Gasteiger partial charge on any atom is 0.231 e. The summed E-state index contributed by atoms with van der Waals surface area (Å²) in [4.78, 5) is 23.2. The average Bonchev–Trinajstić information content (AvgIpc) is 3.24. The van der Waals surface area contributed by atoms with E-state index in [0.29, 0.717) is 49.0 Å². The molecule has 8 nitrogen and oxygen atoms in total. The highest BCUT2D eigenvalue weighted by molar-refractivity contribution is 6.34. The summed E-state index contributed by atoms with van der Waals surface area (Å²) in [7, 11) is 0. The molecule has 0 spiro atoms. The fraction of sp³-hybridized carbons (Fsp3) is 0.318. The first-order valence-corrected chi connectivity index (χ1v) is 10.5. The van der Waals surface area contributed by atoms with Crippen LogP contribution in [0.3, 0.4) is 0 Å². The lowest BCUT2D eigenvalue weighted by molar-refractivity contribution is -0.122. The maximum absolute atomic E-state index is 11.5. The first-order valence-electron chi connectivity index (χ1n) is 10.2. The maximum atomic E-state index is 11.5. The Hall–Kier alpha value is -3.26. The summed E-state index contributed by atoms with van der Waals surface area (Å²) in [5.74, 6) is 1.73. The van der Waals surface area contributed by atoms with Crippen LogP contribution in [0.5, 0.6) is 11.5 Å². The van der Waals surface area contributed by atoms with E-state index in [2.05, 4.69) is 4.90 Å². The lowest BCUT2D eigenvalue weighted by Crippen LogP contribution is -2.39. The largest absolute Gasteiger partial charge is 0.454 e. The normalized spacial score (nSPS) is 16.1. The molecular weight excluding hydrogens is 418 g/mol. The number of ether oxygens (including phenoxy) is 2. The SMILES string of the molecule is NC(=O)C1CCN(c2nc(Cc3ccc4c(c3)OCO4)c3c(N)c(Cl)ccc3n2)CC1. The van der Waals surface area contributed by atoms with E-state index >= 15 is 0 Å². The molecule has 5 rings (SSSR count). The van der Waals surface area contributed by atoms with Crippen molar-refractivity contribution in [3.8, 4) is 11.5 Å². The van der Waals surface area contributed by atoms with Gasteiger partial charge in [-0.15, -0.1) is 0 Å². The van der Waals surface area contributed by atoms with Gasteiger partial charge in [-0.1, -0.05) is 17.7 Å². The topological polar surface area (TPSA) is 117 Å². The second-order valence-corrected chi connectivity index (χ2v) is 8.26. The number of carbonyl (C=O) groups excluding carboxylic acids is 1. The van der Waals surface area contributed by atoms with Crippen molar-refractivity contribution in [3.05, 3.63) is 46.6 Å². The molecular formula is C22H22ClN5O3. The van der Waals surface area contributed by atoms with E-state index in [1.807, 2.05) is 24.3 Å². The second-order valence-electron chi connectivity index (χ2n) is 7.85. The van der Waals surface area contributed by atoms with Crippen molar-refractivity contribution in [1.82, 2.24) is 9.97 Å². The van der Waals surface area contributed by atoms with Crippen LogP contribution in [-0.4, -0.2) is 35.8 Å². The molecule has 9 heteroatoms. The molecule has 0 atom stereocenters. The minimum atomic E-state index is -0.245. The Morgan fingerprint density at radius 2 is 1.90 bits per heavy atom. The molecule has 0 unspecified atom stereocenters. The van der Waals surface area contributed by atoms with E-state index in [1.165, 1.54) is 0 Å². The molecule has 0 aliphatic carbocycles. The lowest BCUT2D eigenvalue weighted by atomic mass is 9.96. The van der Waals surface area contributed by atoms with Crippen molar-refractivity contribution in [3.63, 3.8) is 0 Å². The molecule has 31 heavy (non-hydrogen) atoms. The Kier molecular flexibility index (Phi) is 4.94. The number of hydrogen-bond acceptors (Lipinski definition) is 7. The van der Waals surface area contributed by atoms with Gasteiger partial charge in [-0.3, -0.25) is 4.79 Å². The molecule has 1 amide bonds. The number of anilines is 2. The lowest BCUT2D eigenvalue weighted by Gasteiger charge is -2.31. The number of rotatable bonds is 4. The second kappa shape index (κ2) is 7.77. The minimum Gasteiger partial charge on any atom is -0.454 e. The van der Waals surface area contributed by atoms with E-state index in [9.17, 15) is 4.79 Å². The van der Waals surface area contributed by atoms with Gasteiger partial charge < -0.3 is 25.8 Å². The fourth-order valence-electron chi connectivity index (χ4n) is 4.17. The molecule has 3 aromatic rings. The van der Waals surface area contributed by atoms with Crippen LogP contribution in [-0.2, 0) is 11.2 Å². The number of fused-ring (bicyclic) bond motifs is 2. The van der Waals surface area contributed by atoms with Gasteiger partial charge >= 0.3 is 0 Å². The molecule has 4 N–H and O–H groups in total. The minimum absolute atomic E-state index is 0.0979. The van der Waals surface area contributed by atoms with Gasteiger partial charge in [0.05, 0.1) is 21.9 Å². The third-order valence-corrected chi connectivity index (χ3v) is 6.23. The summed E-state index contributed by atoms with van der Waals surface area (Å²) in [5.41, 5.74) is 14.8. The molecule has 2 aromatic carbocycles. The van der Waals surface area contributed by atoms with Crippen LogP contribution in [0, 0.1) is 5.92 Å². The summed E-state index contributed by atoms with van der Waals surface area (Å²) in [6, 6.07) is 9.44. The van der Waals surface area contributed by atoms with Gasteiger partial charge in [-0.2, -0.15) is 0 Å². The highest BCUT2D eigenvalue weighted by Gasteiger charge is 2.26. The monoisotopic (exact) mass is 439 g/mol. The Labute approximate surface area is 184 Å². The first-order chi connectivity index (χ1) is 15.0. The smallest absolute Gasteiger partial charge is 0.231 e. The van der Waals surface area contributed by atoms with E-state index in [4.69, 9.17) is 42.5 Å². The van der Waals surface area contributed by atoms with Gasteiger partial charge in [0.1, 0.15) is 0 Å². The van der Waals surface area contributed by atoms with Crippen molar-refractivity contribution in [2.45, 2.75) is 19.3 Å². The van der Waals surface area contributed by atoms with Gasteiger partial charge in [0.2, 0.25) is 18.6 Å². The van der Waals surface area contributed by atoms with Crippen molar-refractivity contribution in [2.75, 3.05) is 30.5 Å². The van der Waals surface area contributed by atoms with Crippen molar-refractivity contribution < 1.29 is 14.3 Å². The molecule has 2 aliphatic heterocycles. The summed E-state index contributed by atoms with van der Waals surface area (Å²) in [6.07, 6.45) is 1.92. The quantitative estimate of drug-likeness (QED) is 0.600. The van der Waals surface area contributed by atoms with Crippen LogP contribution in [0.1, 0.15) is 24.1 Å². The Balaban J connectivity index is 1.54. The Bertz CT molecular complexity index is 1180. The number of nitrogens with zero attached hydrogens (tertiary/aromatic N) is 3. The number of hydrogen-bond donors (Lipinski definition) is 2. The van der Waals surface area contributed by atoms with Crippen LogP contribution < -0.4 is 25.8 Å². The van der Waals surface area contributed by atoms with Crippen molar-refractivity contribution in [2.24, 2.45) is 11.7 Å². The van der Waals surface area contributed by atoms with Gasteiger partial charge in [0.15, 0.2) is 11.5 Å². The van der Waals surface area contributed by atoms with E-state index in [1.54, 1.807) is 6.07 Å². The summed E-state index contributed by atoms with van der Waals surface area (Å²) in [5, 5.41) is 1.22. The number of benzene rings is 2. The van der Waals surface area contributed by atoms with E-state index < -0.39 is 0 Å². The van der Waals surface area contributed by atoms with Gasteiger partial charge in [-0.05, 0) is 42.7 Å². The molecule has 1 aromatic heterocycles. The highest BCUT2D eigenvalue weighted by atomic mass is 35.5. The van der Waals surface area contributed by atoms with Crippen LogP contribution in [0.4, 0.5) is 11.6 Å². The summed E-state index contributed by atoms with van der Waals surface area (Å²) < 4.78 is 10.9. The van der Waals surface area contributed by atoms with Gasteiger partial charge in [-0.25, -0.2) is 9.97 Å². The highest BCUT2D eigenvalue weighted by Crippen LogP contribution is 2.36.